The van der Waals surface area contributed by atoms with Gasteiger partial charge >= 0.3 is 0 Å². The van der Waals surface area contributed by atoms with E-state index in [1.807, 2.05) is 78.9 Å². The average molecular weight is 485 g/mol. The topological polar surface area (TPSA) is 59.3 Å². The highest BCUT2D eigenvalue weighted by atomic mass is 35.5. The summed E-state index contributed by atoms with van der Waals surface area (Å²) in [7, 11) is 0. The summed E-state index contributed by atoms with van der Waals surface area (Å²) in [6.45, 7) is 0.573. The van der Waals surface area contributed by atoms with Crippen LogP contribution < -0.4 is 5.43 Å². The molecule has 168 valence electrons. The first-order chi connectivity index (χ1) is 16.7. The fraction of sp³-hybridized carbons (Fsp3) is 0.0741. The lowest BCUT2D eigenvalue weighted by Gasteiger charge is -2.10. The van der Waals surface area contributed by atoms with Crippen molar-refractivity contribution in [3.63, 3.8) is 0 Å². The number of nitrogens with one attached hydrogen (secondary N) is 1. The molecule has 0 fully saturated rings. The zero-order valence-corrected chi connectivity index (χ0v) is 19.8. The first-order valence-electron chi connectivity index (χ1n) is 10.8. The van der Waals surface area contributed by atoms with Crippen LogP contribution in [0.2, 0.25) is 5.02 Å². The van der Waals surface area contributed by atoms with Crippen LogP contribution in [0.5, 0.6) is 0 Å². The molecule has 0 aliphatic heterocycles. The predicted molar refractivity (Wildman–Crippen MR) is 141 cm³/mol. The summed E-state index contributed by atoms with van der Waals surface area (Å²) in [6.07, 6.45) is 1.68. The number of fused-ring (bicyclic) bond motifs is 2. The number of nitrogens with zero attached hydrogens (tertiary/aromatic N) is 3. The number of imidazole rings is 1. The Labute approximate surface area is 206 Å². The number of aromatic nitrogens is 2. The Bertz CT molecular complexity index is 1510. The van der Waals surface area contributed by atoms with Gasteiger partial charge in [0.2, 0.25) is 0 Å². The minimum atomic E-state index is -0.196. The van der Waals surface area contributed by atoms with Gasteiger partial charge in [-0.15, -0.1) is 0 Å². The molecule has 4 aromatic carbocycles. The number of rotatable bonds is 7. The van der Waals surface area contributed by atoms with E-state index < -0.39 is 0 Å². The number of amides is 1. The molecule has 0 aliphatic carbocycles. The SMILES string of the molecule is O=C(CSc1nc2ccccc2n1Cc1ccccc1Cl)N/N=C/c1cccc2ccccc12. The van der Waals surface area contributed by atoms with Gasteiger partial charge in [0.05, 0.1) is 29.5 Å². The van der Waals surface area contributed by atoms with Gasteiger partial charge in [0.15, 0.2) is 5.16 Å². The number of para-hydroxylation sites is 2. The van der Waals surface area contributed by atoms with Gasteiger partial charge in [-0.05, 0) is 34.5 Å². The van der Waals surface area contributed by atoms with Crippen LogP contribution in [0.4, 0.5) is 0 Å². The van der Waals surface area contributed by atoms with Gasteiger partial charge in [0, 0.05) is 10.6 Å². The maximum Gasteiger partial charge on any atom is 0.250 e. The third-order valence-electron chi connectivity index (χ3n) is 5.45. The summed E-state index contributed by atoms with van der Waals surface area (Å²) in [5, 5.41) is 7.85. The molecule has 5 aromatic rings. The summed E-state index contributed by atoms with van der Waals surface area (Å²) in [5.74, 6) is -0.00327. The van der Waals surface area contributed by atoms with Crippen molar-refractivity contribution in [3.05, 3.63) is 107 Å². The normalized spacial score (nSPS) is 11.4. The van der Waals surface area contributed by atoms with E-state index in [1.165, 1.54) is 11.8 Å². The Hall–Kier alpha value is -3.61. The van der Waals surface area contributed by atoms with Crippen LogP contribution in [0.15, 0.2) is 101 Å². The maximum absolute atomic E-state index is 12.5. The number of carbonyl (C=O) groups excluding carboxylic acids is 1. The molecular weight excluding hydrogens is 464 g/mol. The van der Waals surface area contributed by atoms with Gasteiger partial charge in [0.1, 0.15) is 0 Å². The van der Waals surface area contributed by atoms with Crippen molar-refractivity contribution in [2.75, 3.05) is 5.75 Å². The average Bonchev–Trinajstić information content (AvgIpc) is 3.21. The van der Waals surface area contributed by atoms with E-state index in [0.717, 1.165) is 38.1 Å². The minimum Gasteiger partial charge on any atom is -0.314 e. The molecule has 1 N–H and O–H groups in total. The first kappa shape index (κ1) is 22.2. The van der Waals surface area contributed by atoms with Crippen molar-refractivity contribution in [3.8, 4) is 0 Å². The lowest BCUT2D eigenvalue weighted by molar-refractivity contribution is -0.118. The third kappa shape index (κ3) is 4.83. The second-order valence-electron chi connectivity index (χ2n) is 7.71. The molecular formula is C27H21ClN4OS. The lowest BCUT2D eigenvalue weighted by Crippen LogP contribution is -2.20. The van der Waals surface area contributed by atoms with E-state index in [4.69, 9.17) is 16.6 Å². The van der Waals surface area contributed by atoms with Crippen LogP contribution in [-0.4, -0.2) is 27.4 Å². The van der Waals surface area contributed by atoms with Gasteiger partial charge in [-0.25, -0.2) is 10.4 Å². The second kappa shape index (κ2) is 10.1. The zero-order chi connectivity index (χ0) is 23.3. The van der Waals surface area contributed by atoms with Crippen LogP contribution in [0, 0.1) is 0 Å². The number of carbonyl (C=O) groups is 1. The monoisotopic (exact) mass is 484 g/mol. The van der Waals surface area contributed by atoms with Crippen molar-refractivity contribution >= 4 is 57.3 Å². The van der Waals surface area contributed by atoms with Crippen molar-refractivity contribution in [2.45, 2.75) is 11.7 Å². The standard InChI is InChI=1S/C27H21ClN4OS/c28-23-13-4-2-9-21(23)17-32-25-15-6-5-14-24(25)30-27(32)34-18-26(33)31-29-16-20-11-7-10-19-8-1-3-12-22(19)20/h1-16H,17-18H2,(H,31,33)/b29-16+. The largest absolute Gasteiger partial charge is 0.314 e. The Kier molecular flexibility index (Phi) is 6.60. The molecule has 0 spiro atoms. The Balaban J connectivity index is 1.29. The number of hydrogen-bond acceptors (Lipinski definition) is 4. The molecule has 0 unspecified atom stereocenters. The zero-order valence-electron chi connectivity index (χ0n) is 18.2. The van der Waals surface area contributed by atoms with E-state index in [1.54, 1.807) is 6.21 Å². The van der Waals surface area contributed by atoms with Crippen molar-refractivity contribution in [2.24, 2.45) is 5.10 Å². The van der Waals surface area contributed by atoms with E-state index in [9.17, 15) is 4.79 Å². The highest BCUT2D eigenvalue weighted by molar-refractivity contribution is 7.99. The second-order valence-corrected chi connectivity index (χ2v) is 9.06. The molecule has 1 aromatic heterocycles. The number of benzene rings is 4. The molecule has 1 amide bonds. The number of halogens is 1. The van der Waals surface area contributed by atoms with Crippen LogP contribution in [0.3, 0.4) is 0 Å². The van der Waals surface area contributed by atoms with Crippen molar-refractivity contribution in [1.82, 2.24) is 15.0 Å². The highest BCUT2D eigenvalue weighted by Crippen LogP contribution is 2.27. The molecule has 0 aliphatic rings. The fourth-order valence-corrected chi connectivity index (χ4v) is 4.81. The number of thioether (sulfide) groups is 1. The summed E-state index contributed by atoms with van der Waals surface area (Å²) in [6, 6.07) is 29.8. The molecule has 7 heteroatoms. The molecule has 1 heterocycles. The molecule has 34 heavy (non-hydrogen) atoms. The lowest BCUT2D eigenvalue weighted by atomic mass is 10.1. The van der Waals surface area contributed by atoms with Crippen LogP contribution in [0.25, 0.3) is 21.8 Å². The summed E-state index contributed by atoms with van der Waals surface area (Å²) >= 11 is 7.77. The Morgan fingerprint density at radius 2 is 1.74 bits per heavy atom. The minimum absolute atomic E-state index is 0.193. The Morgan fingerprint density at radius 1 is 0.971 bits per heavy atom. The van der Waals surface area contributed by atoms with Crippen molar-refractivity contribution < 1.29 is 4.79 Å². The van der Waals surface area contributed by atoms with Gasteiger partial charge in [-0.2, -0.15) is 5.10 Å². The number of hydrogen-bond donors (Lipinski definition) is 1. The van der Waals surface area contributed by atoms with Crippen LogP contribution in [0.1, 0.15) is 11.1 Å². The smallest absolute Gasteiger partial charge is 0.250 e. The van der Waals surface area contributed by atoms with Gasteiger partial charge in [-0.1, -0.05) is 96.2 Å². The van der Waals surface area contributed by atoms with Crippen LogP contribution >= 0.6 is 23.4 Å². The maximum atomic E-state index is 12.5. The molecule has 0 atom stereocenters. The Morgan fingerprint density at radius 3 is 2.65 bits per heavy atom. The van der Waals surface area contributed by atoms with E-state index in [2.05, 4.69) is 27.2 Å². The molecule has 5 rings (SSSR count). The van der Waals surface area contributed by atoms with E-state index in [0.29, 0.717) is 11.6 Å². The molecule has 5 nitrogen and oxygen atoms in total. The summed E-state index contributed by atoms with van der Waals surface area (Å²) in [5.41, 5.74) is 6.46. The third-order valence-corrected chi connectivity index (χ3v) is 6.80. The molecule has 0 bridgehead atoms. The highest BCUT2D eigenvalue weighted by Gasteiger charge is 2.14. The molecule has 0 saturated heterocycles. The van der Waals surface area contributed by atoms with Gasteiger partial charge in [-0.3, -0.25) is 4.79 Å². The fourth-order valence-electron chi connectivity index (χ4n) is 3.81. The van der Waals surface area contributed by atoms with Gasteiger partial charge in [0.25, 0.3) is 5.91 Å². The van der Waals surface area contributed by atoms with E-state index >= 15 is 0 Å². The summed E-state index contributed by atoms with van der Waals surface area (Å²) < 4.78 is 2.09. The van der Waals surface area contributed by atoms with Crippen LogP contribution in [-0.2, 0) is 11.3 Å². The van der Waals surface area contributed by atoms with E-state index in [-0.39, 0.29) is 11.7 Å². The van der Waals surface area contributed by atoms with Gasteiger partial charge < -0.3 is 4.57 Å². The van der Waals surface area contributed by atoms with Crippen molar-refractivity contribution in [1.29, 1.82) is 0 Å². The number of hydrazone groups is 1. The predicted octanol–water partition coefficient (Wildman–Crippen LogP) is 6.13. The molecule has 0 radical (unpaired) electrons. The molecule has 0 saturated carbocycles. The quantitative estimate of drug-likeness (QED) is 0.172. The first-order valence-corrected chi connectivity index (χ1v) is 12.2. The summed E-state index contributed by atoms with van der Waals surface area (Å²) in [4.78, 5) is 17.2.